The van der Waals surface area contributed by atoms with Crippen molar-refractivity contribution in [2.75, 3.05) is 24.9 Å². The molecule has 0 aliphatic heterocycles. The Hall–Kier alpha value is -5.33. The fourth-order valence-corrected chi connectivity index (χ4v) is 3.87. The van der Waals surface area contributed by atoms with Crippen molar-refractivity contribution in [2.24, 2.45) is 0 Å². The number of ether oxygens (including phenoxy) is 3. The topological polar surface area (TPSA) is 112 Å². The molecule has 0 unspecified atom stereocenters. The molecule has 2 aromatic heterocycles. The number of anilines is 2. The number of carbonyl (C=O) groups excluding carboxylic acids is 1. The Balaban J connectivity index is 1.41. The van der Waals surface area contributed by atoms with Crippen LogP contribution in [-0.4, -0.2) is 40.0 Å². The van der Waals surface area contributed by atoms with Crippen LogP contribution in [0.2, 0.25) is 0 Å². The van der Waals surface area contributed by atoms with Crippen LogP contribution in [0.5, 0.6) is 23.1 Å². The molecule has 2 heterocycles. The number of carbonyl (C=O) groups is 1. The summed E-state index contributed by atoms with van der Waals surface area (Å²) in [4.78, 5) is 21.0. The lowest BCUT2D eigenvalue weighted by molar-refractivity contribution is 0.262. The van der Waals surface area contributed by atoms with E-state index in [0.29, 0.717) is 34.2 Å². The van der Waals surface area contributed by atoms with Gasteiger partial charge in [-0.25, -0.2) is 32.6 Å². The molecular weight excluding hydrogens is 529 g/mol. The number of alkyl halides is 1. The van der Waals surface area contributed by atoms with Gasteiger partial charge in [-0.15, -0.1) is 0 Å². The normalized spacial score (nSPS) is 10.8. The molecule has 2 amide bonds. The standard InChI is InChI=1S/C27H21F3N6O4/c1-38-23-9-17-20(11-24(23)39-2)31-14-32-26(17)40-22-12-21(18(29)10-19(22)30)33-27(37)34-25-8-15(13-28)35-36(25)16-6-4-3-5-7-16/h3-12,14H,13H2,1-2H3,(H2,33,34,37). The van der Waals surface area contributed by atoms with E-state index in [4.69, 9.17) is 14.2 Å². The number of aromatic nitrogens is 4. The summed E-state index contributed by atoms with van der Waals surface area (Å²) in [6.07, 6.45) is 1.21. The van der Waals surface area contributed by atoms with Crippen molar-refractivity contribution in [3.05, 3.63) is 84.3 Å². The molecule has 40 heavy (non-hydrogen) atoms. The molecule has 0 fully saturated rings. The lowest BCUT2D eigenvalue weighted by atomic mass is 10.2. The summed E-state index contributed by atoms with van der Waals surface area (Å²) in [5.41, 5.74) is 0.676. The van der Waals surface area contributed by atoms with Crippen LogP contribution in [0.15, 0.2) is 67.0 Å². The maximum Gasteiger partial charge on any atom is 0.324 e. The number of benzene rings is 3. The van der Waals surface area contributed by atoms with Crippen molar-refractivity contribution in [3.8, 4) is 28.8 Å². The molecule has 10 nitrogen and oxygen atoms in total. The highest BCUT2D eigenvalue weighted by atomic mass is 19.1. The minimum Gasteiger partial charge on any atom is -0.493 e. The van der Waals surface area contributed by atoms with Crippen molar-refractivity contribution >= 4 is 28.4 Å². The van der Waals surface area contributed by atoms with Crippen molar-refractivity contribution in [2.45, 2.75) is 6.67 Å². The molecule has 3 aromatic carbocycles. The first-order valence-electron chi connectivity index (χ1n) is 11.7. The van der Waals surface area contributed by atoms with Gasteiger partial charge in [0.2, 0.25) is 5.88 Å². The molecule has 0 radical (unpaired) electrons. The Morgan fingerprint density at radius 3 is 2.38 bits per heavy atom. The molecule has 5 aromatic rings. The number of nitrogens with zero attached hydrogens (tertiary/aromatic N) is 4. The number of hydrogen-bond donors (Lipinski definition) is 2. The van der Waals surface area contributed by atoms with E-state index in [0.717, 1.165) is 6.07 Å². The number of hydrogen-bond acceptors (Lipinski definition) is 7. The van der Waals surface area contributed by atoms with E-state index in [1.54, 1.807) is 42.5 Å². The largest absolute Gasteiger partial charge is 0.493 e. The molecule has 0 aliphatic rings. The van der Waals surface area contributed by atoms with E-state index in [2.05, 4.69) is 25.7 Å². The number of amides is 2. The molecule has 13 heteroatoms. The fourth-order valence-electron chi connectivity index (χ4n) is 3.87. The third-order valence-corrected chi connectivity index (χ3v) is 5.72. The summed E-state index contributed by atoms with van der Waals surface area (Å²) in [5, 5.41) is 9.31. The Morgan fingerprint density at radius 1 is 0.900 bits per heavy atom. The molecule has 0 saturated heterocycles. The van der Waals surface area contributed by atoms with Crippen LogP contribution in [0.1, 0.15) is 5.69 Å². The molecular formula is C27H21F3N6O4. The summed E-state index contributed by atoms with van der Waals surface area (Å²) < 4.78 is 60.2. The minimum absolute atomic E-state index is 0.0441. The molecule has 0 saturated carbocycles. The Labute approximate surface area is 225 Å². The van der Waals surface area contributed by atoms with Crippen LogP contribution in [-0.2, 0) is 6.67 Å². The summed E-state index contributed by atoms with van der Waals surface area (Å²) in [6, 6.07) is 13.8. The zero-order chi connectivity index (χ0) is 28.2. The third kappa shape index (κ3) is 5.29. The van der Waals surface area contributed by atoms with Gasteiger partial charge in [-0.2, -0.15) is 5.10 Å². The molecule has 0 aliphatic carbocycles. The van der Waals surface area contributed by atoms with Crippen LogP contribution < -0.4 is 24.8 Å². The predicted octanol–water partition coefficient (Wildman–Crippen LogP) is 6.02. The maximum atomic E-state index is 14.7. The van der Waals surface area contributed by atoms with E-state index >= 15 is 0 Å². The number of para-hydroxylation sites is 1. The van der Waals surface area contributed by atoms with Crippen molar-refractivity contribution in [1.82, 2.24) is 19.7 Å². The second-order valence-electron chi connectivity index (χ2n) is 8.25. The summed E-state index contributed by atoms with van der Waals surface area (Å²) >= 11 is 0. The first-order chi connectivity index (χ1) is 19.4. The average molecular weight is 550 g/mol. The smallest absolute Gasteiger partial charge is 0.324 e. The summed E-state index contributed by atoms with van der Waals surface area (Å²) in [7, 11) is 2.91. The highest BCUT2D eigenvalue weighted by Gasteiger charge is 2.19. The molecule has 0 bridgehead atoms. The highest BCUT2D eigenvalue weighted by Crippen LogP contribution is 2.37. The Morgan fingerprint density at radius 2 is 1.65 bits per heavy atom. The molecule has 0 atom stereocenters. The van der Waals surface area contributed by atoms with Crippen LogP contribution in [0, 0.1) is 11.6 Å². The zero-order valence-corrected chi connectivity index (χ0v) is 21.1. The zero-order valence-electron chi connectivity index (χ0n) is 21.1. The number of rotatable bonds is 8. The van der Waals surface area contributed by atoms with E-state index in [1.165, 1.54) is 31.3 Å². The van der Waals surface area contributed by atoms with Crippen molar-refractivity contribution < 1.29 is 32.2 Å². The van der Waals surface area contributed by atoms with E-state index in [1.807, 2.05) is 0 Å². The van der Waals surface area contributed by atoms with Crippen LogP contribution >= 0.6 is 0 Å². The van der Waals surface area contributed by atoms with Crippen molar-refractivity contribution in [1.29, 1.82) is 0 Å². The van der Waals surface area contributed by atoms with E-state index in [-0.39, 0.29) is 23.1 Å². The second kappa shape index (κ2) is 11.2. The third-order valence-electron chi connectivity index (χ3n) is 5.72. The Kier molecular flexibility index (Phi) is 7.35. The van der Waals surface area contributed by atoms with Gasteiger partial charge in [0, 0.05) is 24.3 Å². The van der Waals surface area contributed by atoms with Gasteiger partial charge < -0.3 is 19.5 Å². The maximum absolute atomic E-state index is 14.7. The van der Waals surface area contributed by atoms with Crippen LogP contribution in [0.3, 0.4) is 0 Å². The van der Waals surface area contributed by atoms with Gasteiger partial charge in [0.15, 0.2) is 23.1 Å². The lowest BCUT2D eigenvalue weighted by Gasteiger charge is -2.14. The van der Waals surface area contributed by atoms with Gasteiger partial charge in [-0.3, -0.25) is 5.32 Å². The number of fused-ring (bicyclic) bond motifs is 1. The highest BCUT2D eigenvalue weighted by molar-refractivity contribution is 5.99. The van der Waals surface area contributed by atoms with Crippen LogP contribution in [0.25, 0.3) is 16.6 Å². The van der Waals surface area contributed by atoms with Gasteiger partial charge in [-0.1, -0.05) is 18.2 Å². The van der Waals surface area contributed by atoms with Crippen molar-refractivity contribution in [3.63, 3.8) is 0 Å². The van der Waals surface area contributed by atoms with Gasteiger partial charge in [0.05, 0.1) is 42.2 Å². The number of urea groups is 1. The van der Waals surface area contributed by atoms with Gasteiger partial charge in [0.25, 0.3) is 0 Å². The fraction of sp³-hybridized carbons (Fsp3) is 0.111. The van der Waals surface area contributed by atoms with E-state index < -0.39 is 30.1 Å². The second-order valence-corrected chi connectivity index (χ2v) is 8.25. The van der Waals surface area contributed by atoms with Gasteiger partial charge >= 0.3 is 6.03 Å². The quantitative estimate of drug-likeness (QED) is 0.243. The van der Waals surface area contributed by atoms with Gasteiger partial charge in [-0.05, 0) is 18.2 Å². The number of halogens is 3. The number of methoxy groups -OCH3 is 2. The first-order valence-corrected chi connectivity index (χ1v) is 11.7. The predicted molar refractivity (Wildman–Crippen MR) is 140 cm³/mol. The van der Waals surface area contributed by atoms with E-state index in [9.17, 15) is 18.0 Å². The average Bonchev–Trinajstić information content (AvgIpc) is 3.38. The number of nitrogens with one attached hydrogen (secondary N) is 2. The Bertz CT molecular complexity index is 1700. The summed E-state index contributed by atoms with van der Waals surface area (Å²) in [6.45, 7) is -0.861. The first kappa shape index (κ1) is 26.3. The van der Waals surface area contributed by atoms with Gasteiger partial charge in [0.1, 0.15) is 24.6 Å². The molecule has 0 spiro atoms. The minimum atomic E-state index is -1.06. The summed E-state index contributed by atoms with van der Waals surface area (Å²) in [5.74, 6) is -1.65. The molecule has 204 valence electrons. The molecule has 5 rings (SSSR count). The molecule has 2 N–H and O–H groups in total. The van der Waals surface area contributed by atoms with Crippen LogP contribution in [0.4, 0.5) is 29.5 Å². The lowest BCUT2D eigenvalue weighted by Crippen LogP contribution is -2.22. The SMILES string of the molecule is COc1cc2ncnc(Oc3cc(NC(=O)Nc4cc(CF)nn4-c4ccccc4)c(F)cc3F)c2cc1OC. The monoisotopic (exact) mass is 550 g/mol.